The lowest BCUT2D eigenvalue weighted by Gasteiger charge is -2.47. The SMILES string of the molecule is CC1CN2CCCC2CN1C1CCOc2ccccc21. The summed E-state index contributed by atoms with van der Waals surface area (Å²) in [5, 5.41) is 0. The first-order chi connectivity index (χ1) is 9.83. The van der Waals surface area contributed by atoms with Crippen molar-refractivity contribution >= 4 is 0 Å². The van der Waals surface area contributed by atoms with Crippen molar-refractivity contribution < 1.29 is 4.74 Å². The zero-order valence-electron chi connectivity index (χ0n) is 12.3. The van der Waals surface area contributed by atoms with Gasteiger partial charge in [-0.1, -0.05) is 18.2 Å². The smallest absolute Gasteiger partial charge is 0.124 e. The van der Waals surface area contributed by atoms with Crippen molar-refractivity contribution in [1.82, 2.24) is 9.80 Å². The Labute approximate surface area is 121 Å². The molecule has 0 N–H and O–H groups in total. The van der Waals surface area contributed by atoms with Crippen LogP contribution in [0.4, 0.5) is 0 Å². The summed E-state index contributed by atoms with van der Waals surface area (Å²) in [6.07, 6.45) is 3.90. The van der Waals surface area contributed by atoms with Crippen LogP contribution in [0.3, 0.4) is 0 Å². The highest BCUT2D eigenvalue weighted by molar-refractivity contribution is 5.37. The van der Waals surface area contributed by atoms with Gasteiger partial charge in [-0.3, -0.25) is 9.80 Å². The maximum Gasteiger partial charge on any atom is 0.124 e. The van der Waals surface area contributed by atoms with Gasteiger partial charge in [0.25, 0.3) is 0 Å². The third-order valence-electron chi connectivity index (χ3n) is 5.31. The van der Waals surface area contributed by atoms with E-state index >= 15 is 0 Å². The average Bonchev–Trinajstić information content (AvgIpc) is 2.93. The van der Waals surface area contributed by atoms with Crippen LogP contribution in [-0.2, 0) is 0 Å². The molecule has 3 heterocycles. The fourth-order valence-corrected chi connectivity index (χ4v) is 4.31. The minimum absolute atomic E-state index is 0.553. The van der Waals surface area contributed by atoms with Crippen LogP contribution < -0.4 is 4.74 Å². The molecule has 3 aliphatic rings. The Morgan fingerprint density at radius 2 is 2.05 bits per heavy atom. The van der Waals surface area contributed by atoms with Crippen LogP contribution >= 0.6 is 0 Å². The molecule has 3 unspecified atom stereocenters. The summed E-state index contributed by atoms with van der Waals surface area (Å²) < 4.78 is 5.83. The Balaban J connectivity index is 1.61. The summed E-state index contributed by atoms with van der Waals surface area (Å²) >= 11 is 0. The van der Waals surface area contributed by atoms with Gasteiger partial charge in [-0.15, -0.1) is 0 Å². The van der Waals surface area contributed by atoms with E-state index in [1.54, 1.807) is 0 Å². The molecule has 0 aromatic heterocycles. The molecule has 0 bridgehead atoms. The summed E-state index contributed by atoms with van der Waals surface area (Å²) in [5.41, 5.74) is 1.40. The fraction of sp³-hybridized carbons (Fsp3) is 0.647. The van der Waals surface area contributed by atoms with Gasteiger partial charge in [0.2, 0.25) is 0 Å². The maximum atomic E-state index is 5.83. The molecule has 3 nitrogen and oxygen atoms in total. The highest BCUT2D eigenvalue weighted by atomic mass is 16.5. The van der Waals surface area contributed by atoms with Crippen LogP contribution in [0.1, 0.15) is 37.8 Å². The monoisotopic (exact) mass is 272 g/mol. The molecule has 2 saturated heterocycles. The Bertz CT molecular complexity index is 490. The standard InChI is InChI=1S/C17H24N2O/c1-13-11-18-9-4-5-14(18)12-19(13)16-8-10-20-17-7-3-2-6-15(16)17/h2-3,6-7,13-14,16H,4-5,8-12H2,1H3. The van der Waals surface area contributed by atoms with Crippen molar-refractivity contribution in [3.05, 3.63) is 29.8 Å². The second-order valence-electron chi connectivity index (χ2n) is 6.53. The lowest BCUT2D eigenvalue weighted by atomic mass is 9.95. The molecule has 0 saturated carbocycles. The van der Waals surface area contributed by atoms with E-state index in [1.807, 2.05) is 0 Å². The van der Waals surface area contributed by atoms with Gasteiger partial charge in [-0.25, -0.2) is 0 Å². The lowest BCUT2D eigenvalue weighted by Crippen LogP contribution is -2.56. The molecule has 0 spiro atoms. The van der Waals surface area contributed by atoms with Crippen molar-refractivity contribution in [3.63, 3.8) is 0 Å². The number of hydrogen-bond acceptors (Lipinski definition) is 3. The van der Waals surface area contributed by atoms with Crippen LogP contribution in [0.15, 0.2) is 24.3 Å². The molecule has 108 valence electrons. The molecule has 20 heavy (non-hydrogen) atoms. The zero-order chi connectivity index (χ0) is 13.5. The van der Waals surface area contributed by atoms with Crippen molar-refractivity contribution in [1.29, 1.82) is 0 Å². The molecule has 0 aliphatic carbocycles. The molecule has 3 heteroatoms. The first-order valence-corrected chi connectivity index (χ1v) is 8.04. The first kappa shape index (κ1) is 12.7. The van der Waals surface area contributed by atoms with E-state index in [4.69, 9.17) is 4.74 Å². The summed E-state index contributed by atoms with van der Waals surface area (Å²) in [5.74, 6) is 1.10. The molecule has 3 atom stereocenters. The second kappa shape index (κ2) is 5.05. The number of rotatable bonds is 1. The van der Waals surface area contributed by atoms with Crippen LogP contribution in [-0.4, -0.2) is 48.1 Å². The molecule has 0 amide bonds. The molecule has 0 radical (unpaired) electrons. The Morgan fingerprint density at radius 3 is 3.00 bits per heavy atom. The van der Waals surface area contributed by atoms with Gasteiger partial charge in [0.15, 0.2) is 0 Å². The lowest BCUT2D eigenvalue weighted by molar-refractivity contribution is 0.0140. The van der Waals surface area contributed by atoms with E-state index in [0.717, 1.165) is 24.8 Å². The minimum atomic E-state index is 0.553. The number of benzene rings is 1. The summed E-state index contributed by atoms with van der Waals surface area (Å²) in [6.45, 7) is 7.05. The minimum Gasteiger partial charge on any atom is -0.493 e. The highest BCUT2D eigenvalue weighted by Gasteiger charge is 2.39. The van der Waals surface area contributed by atoms with Gasteiger partial charge in [-0.05, 0) is 32.4 Å². The number of ether oxygens (including phenoxy) is 1. The molecule has 4 rings (SSSR count). The third-order valence-corrected chi connectivity index (χ3v) is 5.31. The van der Waals surface area contributed by atoms with E-state index in [-0.39, 0.29) is 0 Å². The topological polar surface area (TPSA) is 15.7 Å². The van der Waals surface area contributed by atoms with E-state index in [0.29, 0.717) is 12.1 Å². The zero-order valence-corrected chi connectivity index (χ0v) is 12.3. The van der Waals surface area contributed by atoms with Gasteiger partial charge in [0, 0.05) is 43.2 Å². The molecule has 1 aromatic rings. The number of piperazine rings is 1. The van der Waals surface area contributed by atoms with E-state index < -0.39 is 0 Å². The van der Waals surface area contributed by atoms with Crippen molar-refractivity contribution in [2.75, 3.05) is 26.2 Å². The van der Waals surface area contributed by atoms with Crippen molar-refractivity contribution in [2.45, 2.75) is 44.3 Å². The molecule has 1 aromatic carbocycles. The fourth-order valence-electron chi connectivity index (χ4n) is 4.31. The van der Waals surface area contributed by atoms with Gasteiger partial charge in [-0.2, -0.15) is 0 Å². The van der Waals surface area contributed by atoms with Gasteiger partial charge >= 0.3 is 0 Å². The van der Waals surface area contributed by atoms with Crippen LogP contribution in [0.2, 0.25) is 0 Å². The average molecular weight is 272 g/mol. The van der Waals surface area contributed by atoms with Gasteiger partial charge in [0.1, 0.15) is 5.75 Å². The van der Waals surface area contributed by atoms with Crippen LogP contribution in [0, 0.1) is 0 Å². The highest BCUT2D eigenvalue weighted by Crippen LogP contribution is 2.39. The van der Waals surface area contributed by atoms with Crippen molar-refractivity contribution in [3.8, 4) is 5.75 Å². The Kier molecular flexibility index (Phi) is 3.20. The molecular formula is C17H24N2O. The summed E-state index contributed by atoms with van der Waals surface area (Å²) in [6, 6.07) is 10.6. The van der Waals surface area contributed by atoms with E-state index in [2.05, 4.69) is 41.0 Å². The van der Waals surface area contributed by atoms with E-state index in [1.165, 1.54) is 38.0 Å². The number of hydrogen-bond donors (Lipinski definition) is 0. The third kappa shape index (κ3) is 2.04. The van der Waals surface area contributed by atoms with Crippen LogP contribution in [0.5, 0.6) is 5.75 Å². The number of para-hydroxylation sites is 1. The summed E-state index contributed by atoms with van der Waals surface area (Å²) in [4.78, 5) is 5.44. The molecule has 3 aliphatic heterocycles. The molecule has 2 fully saturated rings. The van der Waals surface area contributed by atoms with Crippen LogP contribution in [0.25, 0.3) is 0 Å². The van der Waals surface area contributed by atoms with Gasteiger partial charge in [0.05, 0.1) is 6.61 Å². The van der Waals surface area contributed by atoms with E-state index in [9.17, 15) is 0 Å². The normalized spacial score (nSPS) is 34.4. The first-order valence-electron chi connectivity index (χ1n) is 8.04. The quantitative estimate of drug-likeness (QED) is 0.782. The second-order valence-corrected chi connectivity index (χ2v) is 6.53. The predicted molar refractivity (Wildman–Crippen MR) is 80.1 cm³/mol. The largest absolute Gasteiger partial charge is 0.493 e. The predicted octanol–water partition coefficient (Wildman–Crippen LogP) is 2.68. The number of nitrogens with zero attached hydrogens (tertiary/aromatic N) is 2. The van der Waals surface area contributed by atoms with Gasteiger partial charge < -0.3 is 4.74 Å². The maximum absolute atomic E-state index is 5.83. The Morgan fingerprint density at radius 1 is 1.15 bits per heavy atom. The number of fused-ring (bicyclic) bond motifs is 2. The molecular weight excluding hydrogens is 248 g/mol. The Hall–Kier alpha value is -1.06. The summed E-state index contributed by atoms with van der Waals surface area (Å²) in [7, 11) is 0. The van der Waals surface area contributed by atoms with Crippen molar-refractivity contribution in [2.24, 2.45) is 0 Å².